The molecule has 3 rings (SSSR count). The molecule has 3 nitrogen and oxygen atoms in total. The van der Waals surface area contributed by atoms with Crippen LogP contribution in [0, 0.1) is 0 Å². The maximum absolute atomic E-state index is 12.3. The summed E-state index contributed by atoms with van der Waals surface area (Å²) in [5.74, 6) is 0.763. The third-order valence-electron chi connectivity index (χ3n) is 3.54. The second-order valence-electron chi connectivity index (χ2n) is 5.59. The molecule has 2 aromatic carbocycles. The molecule has 0 aliphatic carbocycles. The Hall–Kier alpha value is -2.50. The summed E-state index contributed by atoms with van der Waals surface area (Å²) in [7, 11) is 0. The van der Waals surface area contributed by atoms with Gasteiger partial charge in [-0.1, -0.05) is 38.1 Å². The van der Waals surface area contributed by atoms with E-state index in [1.54, 1.807) is 0 Å². The van der Waals surface area contributed by atoms with Gasteiger partial charge in [0, 0.05) is 11.6 Å². The molecule has 0 atom stereocenters. The summed E-state index contributed by atoms with van der Waals surface area (Å²) in [6.45, 7) is 4.22. The van der Waals surface area contributed by atoms with Gasteiger partial charge >= 0.3 is 6.36 Å². The van der Waals surface area contributed by atoms with Crippen molar-refractivity contribution in [3.05, 3.63) is 48.0 Å². The van der Waals surface area contributed by atoms with E-state index in [4.69, 9.17) is 0 Å². The number of benzene rings is 2. The molecule has 0 fully saturated rings. The van der Waals surface area contributed by atoms with E-state index in [0.717, 1.165) is 5.56 Å². The van der Waals surface area contributed by atoms with Gasteiger partial charge in [0.2, 0.25) is 0 Å². The Kier molecular flexibility index (Phi) is 3.75. The van der Waals surface area contributed by atoms with Crippen LogP contribution in [0.1, 0.15) is 25.3 Å². The Morgan fingerprint density at radius 1 is 1.04 bits per heavy atom. The number of rotatable bonds is 3. The molecule has 0 spiro atoms. The highest BCUT2D eigenvalue weighted by atomic mass is 19.4. The molecule has 0 aliphatic rings. The molecule has 1 N–H and O–H groups in total. The van der Waals surface area contributed by atoms with Gasteiger partial charge in [0.25, 0.3) is 0 Å². The van der Waals surface area contributed by atoms with E-state index in [1.165, 1.54) is 23.8 Å². The van der Waals surface area contributed by atoms with Crippen LogP contribution in [0.2, 0.25) is 0 Å². The van der Waals surface area contributed by atoms with Crippen molar-refractivity contribution in [2.24, 2.45) is 0 Å². The predicted molar refractivity (Wildman–Crippen MR) is 82.3 cm³/mol. The molecule has 0 saturated carbocycles. The summed E-state index contributed by atoms with van der Waals surface area (Å²) in [5, 5.41) is 0. The standard InChI is InChI=1S/C17H15F3N2O/c1-10(2)11-3-5-12(6-4-11)16-21-14-8-7-13(9-15(14)22-16)23-17(18,19)20/h3-10H,1-2H3,(H,21,22). The minimum absolute atomic E-state index is 0.279. The second kappa shape index (κ2) is 5.61. The highest BCUT2D eigenvalue weighted by Crippen LogP contribution is 2.28. The van der Waals surface area contributed by atoms with Gasteiger partial charge in [-0.25, -0.2) is 4.98 Å². The van der Waals surface area contributed by atoms with Crippen molar-refractivity contribution in [2.45, 2.75) is 26.1 Å². The summed E-state index contributed by atoms with van der Waals surface area (Å²) >= 11 is 0. The van der Waals surface area contributed by atoms with Gasteiger partial charge < -0.3 is 9.72 Å². The van der Waals surface area contributed by atoms with E-state index in [0.29, 0.717) is 22.8 Å². The van der Waals surface area contributed by atoms with Gasteiger partial charge in [0.15, 0.2) is 0 Å². The number of nitrogens with one attached hydrogen (secondary N) is 1. The van der Waals surface area contributed by atoms with E-state index in [1.807, 2.05) is 24.3 Å². The SMILES string of the molecule is CC(C)c1ccc(-c2nc3cc(OC(F)(F)F)ccc3[nH]2)cc1. The van der Waals surface area contributed by atoms with E-state index >= 15 is 0 Å². The fourth-order valence-corrected chi connectivity index (χ4v) is 2.35. The average molecular weight is 320 g/mol. The van der Waals surface area contributed by atoms with Crippen molar-refractivity contribution in [3.63, 3.8) is 0 Å². The van der Waals surface area contributed by atoms with Crippen LogP contribution < -0.4 is 4.74 Å². The van der Waals surface area contributed by atoms with Crippen molar-refractivity contribution in [1.29, 1.82) is 0 Å². The quantitative estimate of drug-likeness (QED) is 0.715. The van der Waals surface area contributed by atoms with Gasteiger partial charge in [-0.15, -0.1) is 13.2 Å². The fraction of sp³-hybridized carbons (Fsp3) is 0.235. The number of ether oxygens (including phenoxy) is 1. The first-order valence-corrected chi connectivity index (χ1v) is 7.18. The van der Waals surface area contributed by atoms with E-state index in [2.05, 4.69) is 28.6 Å². The third kappa shape index (κ3) is 3.47. The molecule has 0 radical (unpaired) electrons. The van der Waals surface area contributed by atoms with Gasteiger partial charge in [-0.3, -0.25) is 0 Å². The molecule has 0 amide bonds. The number of hydrogen-bond acceptors (Lipinski definition) is 2. The van der Waals surface area contributed by atoms with Crippen LogP contribution in [0.15, 0.2) is 42.5 Å². The lowest BCUT2D eigenvalue weighted by atomic mass is 10.0. The van der Waals surface area contributed by atoms with Gasteiger partial charge in [-0.05, 0) is 23.6 Å². The lowest BCUT2D eigenvalue weighted by molar-refractivity contribution is -0.274. The van der Waals surface area contributed by atoms with E-state index in [-0.39, 0.29) is 5.75 Å². The Balaban J connectivity index is 1.93. The van der Waals surface area contributed by atoms with Crippen molar-refractivity contribution in [2.75, 3.05) is 0 Å². The van der Waals surface area contributed by atoms with Crippen LogP contribution in [-0.4, -0.2) is 16.3 Å². The number of alkyl halides is 3. The highest BCUT2D eigenvalue weighted by molar-refractivity contribution is 5.80. The molecule has 0 saturated heterocycles. The van der Waals surface area contributed by atoms with Crippen LogP contribution in [0.4, 0.5) is 13.2 Å². The Morgan fingerprint density at radius 3 is 2.35 bits per heavy atom. The molecule has 0 aliphatic heterocycles. The molecule has 1 aromatic heterocycles. The van der Waals surface area contributed by atoms with Crippen molar-refractivity contribution in [1.82, 2.24) is 9.97 Å². The van der Waals surface area contributed by atoms with Crippen LogP contribution in [0.5, 0.6) is 5.75 Å². The minimum Gasteiger partial charge on any atom is -0.406 e. The second-order valence-corrected chi connectivity index (χ2v) is 5.59. The normalized spacial score (nSPS) is 12.1. The molecule has 0 unspecified atom stereocenters. The van der Waals surface area contributed by atoms with Crippen LogP contribution in [-0.2, 0) is 0 Å². The number of aromatic amines is 1. The summed E-state index contributed by atoms with van der Waals surface area (Å²) in [4.78, 5) is 7.45. The molecule has 120 valence electrons. The monoisotopic (exact) mass is 320 g/mol. The number of aromatic nitrogens is 2. The highest BCUT2D eigenvalue weighted by Gasteiger charge is 2.31. The number of fused-ring (bicyclic) bond motifs is 1. The van der Waals surface area contributed by atoms with Crippen LogP contribution in [0.3, 0.4) is 0 Å². The first-order chi connectivity index (χ1) is 10.8. The van der Waals surface area contributed by atoms with Crippen molar-refractivity contribution in [3.8, 4) is 17.1 Å². The van der Waals surface area contributed by atoms with Crippen molar-refractivity contribution < 1.29 is 17.9 Å². The van der Waals surface area contributed by atoms with Crippen molar-refractivity contribution >= 4 is 11.0 Å². The molecule has 1 heterocycles. The minimum atomic E-state index is -4.71. The number of halogens is 3. The van der Waals surface area contributed by atoms with Gasteiger partial charge in [-0.2, -0.15) is 0 Å². The molecule has 23 heavy (non-hydrogen) atoms. The third-order valence-corrected chi connectivity index (χ3v) is 3.54. The summed E-state index contributed by atoms with van der Waals surface area (Å²) < 4.78 is 40.7. The predicted octanol–water partition coefficient (Wildman–Crippen LogP) is 5.25. The average Bonchev–Trinajstić information content (AvgIpc) is 2.88. The first-order valence-electron chi connectivity index (χ1n) is 7.18. The Morgan fingerprint density at radius 2 is 1.74 bits per heavy atom. The molecular formula is C17H15F3N2O. The zero-order valence-electron chi connectivity index (χ0n) is 12.6. The first kappa shape index (κ1) is 15.4. The molecule has 6 heteroatoms. The van der Waals surface area contributed by atoms with Gasteiger partial charge in [0.05, 0.1) is 11.0 Å². The van der Waals surface area contributed by atoms with E-state index in [9.17, 15) is 13.2 Å². The zero-order chi connectivity index (χ0) is 16.6. The zero-order valence-corrected chi connectivity index (χ0v) is 12.6. The lowest BCUT2D eigenvalue weighted by Crippen LogP contribution is -2.16. The number of hydrogen-bond donors (Lipinski definition) is 1. The Bertz CT molecular complexity index is 820. The smallest absolute Gasteiger partial charge is 0.406 e. The molecular weight excluding hydrogens is 305 g/mol. The lowest BCUT2D eigenvalue weighted by Gasteiger charge is -2.07. The summed E-state index contributed by atoms with van der Waals surface area (Å²) in [6, 6.07) is 12.0. The van der Waals surface area contributed by atoms with Crippen LogP contribution in [0.25, 0.3) is 22.4 Å². The molecule has 3 aromatic rings. The summed E-state index contributed by atoms with van der Waals surface area (Å²) in [6.07, 6.45) is -4.71. The number of H-pyrrole nitrogens is 1. The summed E-state index contributed by atoms with van der Waals surface area (Å²) in [5.41, 5.74) is 3.17. The number of nitrogens with zero attached hydrogens (tertiary/aromatic N) is 1. The maximum atomic E-state index is 12.3. The van der Waals surface area contributed by atoms with Crippen LogP contribution >= 0.6 is 0 Å². The fourth-order valence-electron chi connectivity index (χ4n) is 2.35. The largest absolute Gasteiger partial charge is 0.573 e. The van der Waals surface area contributed by atoms with E-state index < -0.39 is 6.36 Å². The number of imidazole rings is 1. The van der Waals surface area contributed by atoms with Gasteiger partial charge in [0.1, 0.15) is 11.6 Å². The topological polar surface area (TPSA) is 37.9 Å². The maximum Gasteiger partial charge on any atom is 0.573 e. The Labute approximate surface area is 131 Å². The molecule has 0 bridgehead atoms.